The monoisotopic (exact) mass is 169 g/mol. The molecule has 0 aliphatic heterocycles. The number of nitrogens with zero attached hydrogens (tertiary/aromatic N) is 1. The van der Waals surface area contributed by atoms with E-state index in [1.807, 2.05) is 5.38 Å². The largest absolute Gasteiger partial charge is 0.390 e. The fourth-order valence-electron chi connectivity index (χ4n) is 1.23. The van der Waals surface area contributed by atoms with Crippen molar-refractivity contribution in [3.63, 3.8) is 0 Å². The smallest absolute Gasteiger partial charge is 0.0963 e. The minimum Gasteiger partial charge on any atom is -0.390 e. The second-order valence-corrected chi connectivity index (χ2v) is 4.04. The zero-order chi connectivity index (χ0) is 7.84. The molecule has 1 heterocycles. The van der Waals surface area contributed by atoms with Crippen LogP contribution in [0.5, 0.6) is 0 Å². The van der Waals surface area contributed by atoms with Gasteiger partial charge in [-0.1, -0.05) is 6.92 Å². The molecule has 2 unspecified atom stereocenters. The summed E-state index contributed by atoms with van der Waals surface area (Å²) in [5.74, 6) is 1.51. The summed E-state index contributed by atoms with van der Waals surface area (Å²) in [6, 6.07) is 0. The topological polar surface area (TPSA) is 33.1 Å². The van der Waals surface area contributed by atoms with Crippen molar-refractivity contribution in [3.05, 3.63) is 16.1 Å². The highest BCUT2D eigenvalue weighted by Crippen LogP contribution is 2.47. The molecule has 11 heavy (non-hydrogen) atoms. The third kappa shape index (κ3) is 1.30. The summed E-state index contributed by atoms with van der Waals surface area (Å²) in [6.07, 6.45) is 1.28. The highest BCUT2D eigenvalue weighted by Gasteiger charge is 2.36. The van der Waals surface area contributed by atoms with Gasteiger partial charge < -0.3 is 5.11 Å². The third-order valence-electron chi connectivity index (χ3n) is 2.16. The molecule has 2 rings (SSSR count). The van der Waals surface area contributed by atoms with Gasteiger partial charge in [0.15, 0.2) is 0 Å². The van der Waals surface area contributed by atoms with Crippen LogP contribution in [0.25, 0.3) is 0 Å². The Morgan fingerprint density at radius 3 is 3.00 bits per heavy atom. The van der Waals surface area contributed by atoms with Crippen molar-refractivity contribution in [2.24, 2.45) is 5.92 Å². The first-order chi connectivity index (χ1) is 5.31. The van der Waals surface area contributed by atoms with Crippen LogP contribution >= 0.6 is 11.3 Å². The Morgan fingerprint density at radius 1 is 1.82 bits per heavy atom. The maximum Gasteiger partial charge on any atom is 0.0963 e. The lowest BCUT2D eigenvalue weighted by molar-refractivity contribution is 0.277. The van der Waals surface area contributed by atoms with E-state index in [4.69, 9.17) is 5.11 Å². The third-order valence-corrected chi connectivity index (χ3v) is 3.18. The molecule has 0 bridgehead atoms. The van der Waals surface area contributed by atoms with Crippen LogP contribution in [0.3, 0.4) is 0 Å². The van der Waals surface area contributed by atoms with Gasteiger partial charge in [0.25, 0.3) is 0 Å². The summed E-state index contributed by atoms with van der Waals surface area (Å²) in [6.45, 7) is 2.32. The van der Waals surface area contributed by atoms with Gasteiger partial charge in [-0.25, -0.2) is 4.98 Å². The summed E-state index contributed by atoms with van der Waals surface area (Å²) in [4.78, 5) is 4.31. The molecule has 0 spiro atoms. The quantitative estimate of drug-likeness (QED) is 0.731. The molecule has 1 fully saturated rings. The van der Waals surface area contributed by atoms with Crippen molar-refractivity contribution in [1.29, 1.82) is 0 Å². The lowest BCUT2D eigenvalue weighted by atomic mass is 10.3. The predicted molar refractivity (Wildman–Crippen MR) is 44.6 cm³/mol. The summed E-state index contributed by atoms with van der Waals surface area (Å²) in [5.41, 5.74) is 0.823. The Bertz CT molecular complexity index is 258. The van der Waals surface area contributed by atoms with E-state index >= 15 is 0 Å². The Labute approximate surface area is 69.9 Å². The van der Waals surface area contributed by atoms with Crippen molar-refractivity contribution in [2.75, 3.05) is 0 Å². The number of aliphatic hydroxyl groups excluding tert-OH is 1. The molecule has 1 saturated carbocycles. The first-order valence-electron chi connectivity index (χ1n) is 3.86. The van der Waals surface area contributed by atoms with Crippen LogP contribution < -0.4 is 0 Å². The lowest BCUT2D eigenvalue weighted by Gasteiger charge is -1.87. The second-order valence-electron chi connectivity index (χ2n) is 3.15. The Morgan fingerprint density at radius 2 is 2.55 bits per heavy atom. The summed E-state index contributed by atoms with van der Waals surface area (Å²) < 4.78 is 0. The van der Waals surface area contributed by atoms with E-state index in [0.717, 1.165) is 11.6 Å². The SMILES string of the molecule is CC1CC1c1nc(CO)cs1. The fourth-order valence-corrected chi connectivity index (χ4v) is 2.29. The van der Waals surface area contributed by atoms with Crippen molar-refractivity contribution in [1.82, 2.24) is 4.98 Å². The standard InChI is InChI=1S/C8H11NOS/c1-5-2-7(5)8-9-6(3-10)4-11-8/h4-5,7,10H,2-3H2,1H3. The molecule has 1 aliphatic carbocycles. The molecule has 3 heteroatoms. The number of rotatable bonds is 2. The van der Waals surface area contributed by atoms with Gasteiger partial charge >= 0.3 is 0 Å². The molecular weight excluding hydrogens is 158 g/mol. The van der Waals surface area contributed by atoms with Gasteiger partial charge in [-0.05, 0) is 12.3 Å². The minimum atomic E-state index is 0.0810. The molecule has 0 aromatic carbocycles. The van der Waals surface area contributed by atoms with Crippen LogP contribution in [0.15, 0.2) is 5.38 Å². The normalized spacial score (nSPS) is 28.9. The Balaban J connectivity index is 2.13. The molecule has 60 valence electrons. The van der Waals surface area contributed by atoms with Crippen LogP contribution in [-0.4, -0.2) is 10.1 Å². The predicted octanol–water partition coefficient (Wildman–Crippen LogP) is 1.76. The summed E-state index contributed by atoms with van der Waals surface area (Å²) in [5, 5.41) is 11.9. The lowest BCUT2D eigenvalue weighted by Crippen LogP contribution is -1.84. The van der Waals surface area contributed by atoms with Gasteiger partial charge in [0, 0.05) is 11.3 Å². The molecule has 1 aromatic heterocycles. The minimum absolute atomic E-state index is 0.0810. The van der Waals surface area contributed by atoms with Gasteiger partial charge in [0.2, 0.25) is 0 Å². The zero-order valence-electron chi connectivity index (χ0n) is 6.45. The highest BCUT2D eigenvalue weighted by molar-refractivity contribution is 7.09. The van der Waals surface area contributed by atoms with Crippen molar-refractivity contribution in [2.45, 2.75) is 25.9 Å². The van der Waals surface area contributed by atoms with Crippen molar-refractivity contribution in [3.8, 4) is 0 Å². The molecule has 0 radical (unpaired) electrons. The van der Waals surface area contributed by atoms with Gasteiger partial charge in [0.1, 0.15) is 0 Å². The number of aromatic nitrogens is 1. The molecular formula is C8H11NOS. The molecule has 1 N–H and O–H groups in total. The Hall–Kier alpha value is -0.410. The molecule has 0 amide bonds. The van der Waals surface area contributed by atoms with E-state index in [1.165, 1.54) is 11.4 Å². The van der Waals surface area contributed by atoms with Gasteiger partial charge in [-0.15, -0.1) is 11.3 Å². The van der Waals surface area contributed by atoms with E-state index in [1.54, 1.807) is 11.3 Å². The van der Waals surface area contributed by atoms with Gasteiger partial charge in [-0.2, -0.15) is 0 Å². The first kappa shape index (κ1) is 7.25. The van der Waals surface area contributed by atoms with Gasteiger partial charge in [-0.3, -0.25) is 0 Å². The molecule has 0 saturated heterocycles. The average molecular weight is 169 g/mol. The number of thiazole rings is 1. The van der Waals surface area contributed by atoms with E-state index in [9.17, 15) is 0 Å². The van der Waals surface area contributed by atoms with E-state index in [0.29, 0.717) is 5.92 Å². The van der Waals surface area contributed by atoms with E-state index in [-0.39, 0.29) is 6.61 Å². The van der Waals surface area contributed by atoms with E-state index in [2.05, 4.69) is 11.9 Å². The zero-order valence-corrected chi connectivity index (χ0v) is 7.27. The molecule has 1 aromatic rings. The Kier molecular flexibility index (Phi) is 1.69. The average Bonchev–Trinajstić information content (AvgIpc) is 2.59. The summed E-state index contributed by atoms with van der Waals surface area (Å²) in [7, 11) is 0. The van der Waals surface area contributed by atoms with Crippen molar-refractivity contribution < 1.29 is 5.11 Å². The number of aliphatic hydroxyl groups is 1. The van der Waals surface area contributed by atoms with Gasteiger partial charge in [0.05, 0.1) is 17.3 Å². The second kappa shape index (κ2) is 2.57. The van der Waals surface area contributed by atoms with Crippen LogP contribution in [0.2, 0.25) is 0 Å². The maximum absolute atomic E-state index is 8.76. The van der Waals surface area contributed by atoms with E-state index < -0.39 is 0 Å². The maximum atomic E-state index is 8.76. The molecule has 2 atom stereocenters. The number of hydrogen-bond acceptors (Lipinski definition) is 3. The summed E-state index contributed by atoms with van der Waals surface area (Å²) >= 11 is 1.68. The number of hydrogen-bond donors (Lipinski definition) is 1. The molecule has 2 nitrogen and oxygen atoms in total. The fraction of sp³-hybridized carbons (Fsp3) is 0.625. The first-order valence-corrected chi connectivity index (χ1v) is 4.74. The highest BCUT2D eigenvalue weighted by atomic mass is 32.1. The van der Waals surface area contributed by atoms with Crippen LogP contribution in [0, 0.1) is 5.92 Å². The van der Waals surface area contributed by atoms with Crippen LogP contribution in [0.4, 0.5) is 0 Å². The van der Waals surface area contributed by atoms with Crippen molar-refractivity contribution >= 4 is 11.3 Å². The molecule has 1 aliphatic rings. The van der Waals surface area contributed by atoms with Crippen LogP contribution in [-0.2, 0) is 6.61 Å². The van der Waals surface area contributed by atoms with Crippen LogP contribution in [0.1, 0.15) is 30.0 Å².